The molecule has 5 N–H and O–H groups in total. The zero-order chi connectivity index (χ0) is 17.7. The molecule has 0 aliphatic carbocycles. The molecule has 0 saturated heterocycles. The Morgan fingerprint density at radius 3 is 2.54 bits per heavy atom. The molecule has 1 amide bonds. The number of amides is 1. The largest absolute Gasteiger partial charge is 0.506 e. The number of carbonyl (C=O) groups is 1. The minimum absolute atomic E-state index is 0.0443. The van der Waals surface area contributed by atoms with E-state index in [0.717, 1.165) is 11.3 Å². The Balaban J connectivity index is 2.03. The number of carbonyl (C=O) groups excluding carboxylic acids is 1. The van der Waals surface area contributed by atoms with Crippen molar-refractivity contribution in [3.63, 3.8) is 0 Å². The number of anilines is 2. The maximum atomic E-state index is 10.9. The average Bonchev–Trinajstić information content (AvgIpc) is 2.52. The Morgan fingerprint density at radius 2 is 1.96 bits per heavy atom. The van der Waals surface area contributed by atoms with Crippen molar-refractivity contribution in [2.45, 2.75) is 6.42 Å². The van der Waals surface area contributed by atoms with Crippen LogP contribution in [0.4, 0.5) is 11.4 Å². The SMILES string of the molecule is COc1cc(O)c(NC(=S)Nc2ccc(CC(N)=O)cc2)cc1Cl. The highest BCUT2D eigenvalue weighted by Gasteiger charge is 2.10. The molecule has 2 rings (SSSR count). The number of hydrogen-bond acceptors (Lipinski definition) is 4. The van der Waals surface area contributed by atoms with Crippen molar-refractivity contribution < 1.29 is 14.6 Å². The number of primary amides is 1. The normalized spacial score (nSPS) is 10.1. The molecule has 6 nitrogen and oxygen atoms in total. The predicted molar refractivity (Wildman–Crippen MR) is 98.9 cm³/mol. The van der Waals surface area contributed by atoms with Crippen LogP contribution in [-0.4, -0.2) is 23.2 Å². The summed E-state index contributed by atoms with van der Waals surface area (Å²) >= 11 is 11.2. The van der Waals surface area contributed by atoms with Crippen LogP contribution in [0.1, 0.15) is 5.56 Å². The van der Waals surface area contributed by atoms with Gasteiger partial charge in [0.25, 0.3) is 0 Å². The van der Waals surface area contributed by atoms with E-state index in [1.54, 1.807) is 24.3 Å². The lowest BCUT2D eigenvalue weighted by molar-refractivity contribution is -0.117. The Kier molecular flexibility index (Phi) is 5.83. The number of halogens is 1. The van der Waals surface area contributed by atoms with Crippen molar-refractivity contribution in [3.8, 4) is 11.5 Å². The number of rotatable bonds is 5. The number of phenolic OH excluding ortho intramolecular Hbond substituents is 1. The van der Waals surface area contributed by atoms with Crippen molar-refractivity contribution in [2.75, 3.05) is 17.7 Å². The van der Waals surface area contributed by atoms with Gasteiger partial charge in [-0.25, -0.2) is 0 Å². The maximum absolute atomic E-state index is 10.9. The summed E-state index contributed by atoms with van der Waals surface area (Å²) in [5.74, 6) is -0.0689. The van der Waals surface area contributed by atoms with Crippen LogP contribution < -0.4 is 21.1 Å². The smallest absolute Gasteiger partial charge is 0.221 e. The summed E-state index contributed by atoms with van der Waals surface area (Å²) in [6.07, 6.45) is 0.182. The molecule has 0 bridgehead atoms. The zero-order valence-corrected chi connectivity index (χ0v) is 14.4. The van der Waals surface area contributed by atoms with Crippen LogP contribution in [-0.2, 0) is 11.2 Å². The molecule has 24 heavy (non-hydrogen) atoms. The van der Waals surface area contributed by atoms with Gasteiger partial charge in [-0.2, -0.15) is 0 Å². The van der Waals surface area contributed by atoms with Crippen molar-refractivity contribution >= 4 is 46.2 Å². The molecular formula is C16H16ClN3O3S. The standard InChI is InChI=1S/C16H16ClN3O3S/c1-23-14-8-13(21)12(7-11(14)17)20-16(24)19-10-4-2-9(3-5-10)6-15(18)22/h2-5,7-8,21H,6H2,1H3,(H2,18,22)(H2,19,20,24). The molecule has 0 spiro atoms. The first-order valence-corrected chi connectivity index (χ1v) is 7.69. The van der Waals surface area contributed by atoms with Gasteiger partial charge >= 0.3 is 0 Å². The van der Waals surface area contributed by atoms with Gasteiger partial charge < -0.3 is 26.2 Å². The fourth-order valence-electron chi connectivity index (χ4n) is 1.99. The molecule has 0 unspecified atom stereocenters. The molecule has 0 atom stereocenters. The molecule has 2 aromatic carbocycles. The van der Waals surface area contributed by atoms with Crippen LogP contribution in [0.2, 0.25) is 5.02 Å². The van der Waals surface area contributed by atoms with Gasteiger partial charge in [0.15, 0.2) is 5.11 Å². The quantitative estimate of drug-likeness (QED) is 0.480. The topological polar surface area (TPSA) is 96.6 Å². The second kappa shape index (κ2) is 7.85. The van der Waals surface area contributed by atoms with Gasteiger partial charge in [-0.3, -0.25) is 4.79 Å². The van der Waals surface area contributed by atoms with E-state index < -0.39 is 0 Å². The summed E-state index contributed by atoms with van der Waals surface area (Å²) < 4.78 is 5.02. The Bertz CT molecular complexity index is 766. The maximum Gasteiger partial charge on any atom is 0.221 e. The lowest BCUT2D eigenvalue weighted by atomic mass is 10.1. The number of benzene rings is 2. The Labute approximate surface area is 149 Å². The average molecular weight is 366 g/mol. The third kappa shape index (κ3) is 4.74. The first-order valence-electron chi connectivity index (χ1n) is 6.91. The van der Waals surface area contributed by atoms with Crippen LogP contribution >= 0.6 is 23.8 Å². The third-order valence-electron chi connectivity index (χ3n) is 3.11. The summed E-state index contributed by atoms with van der Waals surface area (Å²) in [5.41, 5.74) is 7.03. The summed E-state index contributed by atoms with van der Waals surface area (Å²) in [4.78, 5) is 10.9. The molecule has 2 aromatic rings. The molecule has 0 aromatic heterocycles. The first kappa shape index (κ1) is 17.8. The van der Waals surface area contributed by atoms with E-state index in [-0.39, 0.29) is 23.2 Å². The highest BCUT2D eigenvalue weighted by atomic mass is 35.5. The molecule has 126 valence electrons. The first-order chi connectivity index (χ1) is 11.4. The Hall–Kier alpha value is -2.51. The van der Waals surface area contributed by atoms with Gasteiger partial charge in [0.1, 0.15) is 11.5 Å². The fraction of sp³-hybridized carbons (Fsp3) is 0.125. The number of hydrogen-bond donors (Lipinski definition) is 4. The van der Waals surface area contributed by atoms with Crippen molar-refractivity contribution in [1.82, 2.24) is 0 Å². The summed E-state index contributed by atoms with van der Waals surface area (Å²) in [6.45, 7) is 0. The van der Waals surface area contributed by atoms with Crippen molar-refractivity contribution in [2.24, 2.45) is 5.73 Å². The zero-order valence-electron chi connectivity index (χ0n) is 12.8. The lowest BCUT2D eigenvalue weighted by Crippen LogP contribution is -2.19. The fourth-order valence-corrected chi connectivity index (χ4v) is 2.46. The second-order valence-electron chi connectivity index (χ2n) is 4.92. The van der Waals surface area contributed by atoms with Crippen molar-refractivity contribution in [1.29, 1.82) is 0 Å². The number of nitrogens with two attached hydrogens (primary N) is 1. The van der Waals surface area contributed by atoms with E-state index >= 15 is 0 Å². The third-order valence-corrected chi connectivity index (χ3v) is 3.61. The van der Waals surface area contributed by atoms with Crippen LogP contribution in [0.15, 0.2) is 36.4 Å². The molecule has 0 saturated carbocycles. The van der Waals surface area contributed by atoms with Gasteiger partial charge in [-0.05, 0) is 36.0 Å². The number of methoxy groups -OCH3 is 1. The van der Waals surface area contributed by atoms with E-state index in [2.05, 4.69) is 10.6 Å². The molecule has 0 aliphatic heterocycles. The number of ether oxygens (including phenoxy) is 1. The summed E-state index contributed by atoms with van der Waals surface area (Å²) in [6, 6.07) is 10.0. The molecule has 0 heterocycles. The Morgan fingerprint density at radius 1 is 1.29 bits per heavy atom. The second-order valence-corrected chi connectivity index (χ2v) is 5.74. The van der Waals surface area contributed by atoms with Crippen LogP contribution in [0.3, 0.4) is 0 Å². The molecule has 0 aliphatic rings. The van der Waals surface area contributed by atoms with Gasteiger partial charge in [0, 0.05) is 11.8 Å². The van der Waals surface area contributed by atoms with E-state index in [0.29, 0.717) is 16.5 Å². The van der Waals surface area contributed by atoms with Crippen LogP contribution in [0, 0.1) is 0 Å². The highest BCUT2D eigenvalue weighted by Crippen LogP contribution is 2.35. The van der Waals surface area contributed by atoms with Crippen molar-refractivity contribution in [3.05, 3.63) is 47.0 Å². The molecule has 8 heteroatoms. The van der Waals surface area contributed by atoms with Crippen LogP contribution in [0.25, 0.3) is 0 Å². The summed E-state index contributed by atoms with van der Waals surface area (Å²) in [7, 11) is 1.46. The minimum atomic E-state index is -0.389. The number of phenols is 1. The number of aromatic hydroxyl groups is 1. The predicted octanol–water partition coefficient (Wildman–Crippen LogP) is 2.89. The van der Waals surface area contributed by atoms with E-state index in [1.165, 1.54) is 19.2 Å². The van der Waals surface area contributed by atoms with Gasteiger partial charge in [-0.1, -0.05) is 23.7 Å². The number of nitrogens with one attached hydrogen (secondary N) is 2. The molecule has 0 fully saturated rings. The highest BCUT2D eigenvalue weighted by molar-refractivity contribution is 7.80. The van der Waals surface area contributed by atoms with E-state index in [4.69, 9.17) is 34.3 Å². The number of thiocarbonyl (C=S) groups is 1. The van der Waals surface area contributed by atoms with E-state index in [1.807, 2.05) is 0 Å². The van der Waals surface area contributed by atoms with E-state index in [9.17, 15) is 9.90 Å². The summed E-state index contributed by atoms with van der Waals surface area (Å²) in [5, 5.41) is 16.4. The van der Waals surface area contributed by atoms with Crippen LogP contribution in [0.5, 0.6) is 11.5 Å². The van der Waals surface area contributed by atoms with Gasteiger partial charge in [0.2, 0.25) is 5.91 Å². The molecule has 0 radical (unpaired) electrons. The van der Waals surface area contributed by atoms with Gasteiger partial charge in [0.05, 0.1) is 24.2 Å². The van der Waals surface area contributed by atoms with Gasteiger partial charge in [-0.15, -0.1) is 0 Å². The molecular weight excluding hydrogens is 350 g/mol. The minimum Gasteiger partial charge on any atom is -0.506 e. The monoisotopic (exact) mass is 365 g/mol. The lowest BCUT2D eigenvalue weighted by Gasteiger charge is -2.13.